The second-order valence-corrected chi connectivity index (χ2v) is 11.4. The third-order valence-electron chi connectivity index (χ3n) is 7.84. The first-order chi connectivity index (χ1) is 17.7. The van der Waals surface area contributed by atoms with Gasteiger partial charge in [0.1, 0.15) is 5.82 Å². The van der Waals surface area contributed by atoms with Gasteiger partial charge >= 0.3 is 12.1 Å². The number of halogens is 2. The van der Waals surface area contributed by atoms with Gasteiger partial charge in [-0.15, -0.1) is 0 Å². The molecular weight excluding hydrogens is 515 g/mol. The number of anilines is 1. The highest BCUT2D eigenvalue weighted by molar-refractivity contribution is 6.34. The number of nitrogens with one attached hydrogen (secondary N) is 1. The number of carbonyl (C=O) groups is 2. The number of hydrogen-bond acceptors (Lipinski definition) is 6. The molecule has 3 heterocycles. The second-order valence-electron chi connectivity index (χ2n) is 10.6. The van der Waals surface area contributed by atoms with Crippen molar-refractivity contribution in [1.29, 1.82) is 0 Å². The third-order valence-corrected chi connectivity index (χ3v) is 8.28. The largest absolute Gasteiger partial charge is 0.481 e. The first-order valence-electron chi connectivity index (χ1n) is 12.7. The number of pyridine rings is 1. The van der Waals surface area contributed by atoms with Gasteiger partial charge in [-0.2, -0.15) is 0 Å². The third kappa shape index (κ3) is 5.66. The lowest BCUT2D eigenvalue weighted by Gasteiger charge is -2.61. The van der Waals surface area contributed by atoms with Gasteiger partial charge in [-0.3, -0.25) is 9.69 Å². The van der Waals surface area contributed by atoms with Gasteiger partial charge in [0.2, 0.25) is 0 Å². The van der Waals surface area contributed by atoms with Gasteiger partial charge in [-0.25, -0.2) is 9.78 Å². The van der Waals surface area contributed by atoms with Crippen molar-refractivity contribution in [1.82, 2.24) is 14.8 Å². The molecule has 8 nitrogen and oxygen atoms in total. The van der Waals surface area contributed by atoms with Gasteiger partial charge in [-0.1, -0.05) is 29.3 Å². The summed E-state index contributed by atoms with van der Waals surface area (Å²) >= 11 is 12.4. The van der Waals surface area contributed by atoms with Gasteiger partial charge in [0.05, 0.1) is 19.6 Å². The van der Waals surface area contributed by atoms with E-state index in [9.17, 15) is 14.7 Å². The molecule has 10 heteroatoms. The molecule has 37 heavy (non-hydrogen) atoms. The Labute approximate surface area is 226 Å². The lowest BCUT2D eigenvalue weighted by molar-refractivity contribution is -0.140. The highest BCUT2D eigenvalue weighted by Crippen LogP contribution is 2.52. The molecule has 0 radical (unpaired) electrons. The molecule has 198 valence electrons. The molecule has 2 aliphatic heterocycles. The van der Waals surface area contributed by atoms with E-state index in [0.29, 0.717) is 15.6 Å². The van der Waals surface area contributed by atoms with Crippen molar-refractivity contribution in [3.8, 4) is 0 Å². The molecule has 2 fully saturated rings. The monoisotopic (exact) mass is 546 g/mol. The molecule has 5 rings (SSSR count). The van der Waals surface area contributed by atoms with Crippen molar-refractivity contribution in [3.05, 3.63) is 57.2 Å². The van der Waals surface area contributed by atoms with Crippen LogP contribution in [-0.4, -0.2) is 71.3 Å². The van der Waals surface area contributed by atoms with Crippen LogP contribution in [0.4, 0.5) is 10.6 Å². The lowest BCUT2D eigenvalue weighted by Crippen LogP contribution is -2.67. The fourth-order valence-corrected chi connectivity index (χ4v) is 6.72. The van der Waals surface area contributed by atoms with Crippen molar-refractivity contribution in [2.24, 2.45) is 5.41 Å². The van der Waals surface area contributed by atoms with E-state index < -0.39 is 18.1 Å². The molecule has 1 amide bonds. The molecule has 1 unspecified atom stereocenters. The molecule has 3 aliphatic rings. The molecule has 1 aromatic heterocycles. The Morgan fingerprint density at radius 3 is 2.65 bits per heavy atom. The zero-order valence-electron chi connectivity index (χ0n) is 20.9. The van der Waals surface area contributed by atoms with E-state index in [1.54, 1.807) is 23.1 Å². The summed E-state index contributed by atoms with van der Waals surface area (Å²) in [5, 5.41) is 13.8. The van der Waals surface area contributed by atoms with E-state index >= 15 is 0 Å². The zero-order valence-corrected chi connectivity index (χ0v) is 22.4. The molecule has 2 N–H and O–H groups in total. The van der Waals surface area contributed by atoms with Crippen LogP contribution in [0.1, 0.15) is 48.5 Å². The molecular formula is C27H32Cl2N4O4. The van der Waals surface area contributed by atoms with E-state index in [4.69, 9.17) is 32.9 Å². The summed E-state index contributed by atoms with van der Waals surface area (Å²) in [6.07, 6.45) is 3.97. The van der Waals surface area contributed by atoms with Crippen molar-refractivity contribution in [2.75, 3.05) is 38.6 Å². The topological polar surface area (TPSA) is 95.0 Å². The predicted octanol–water partition coefficient (Wildman–Crippen LogP) is 5.04. The number of amides is 1. The van der Waals surface area contributed by atoms with Gasteiger partial charge < -0.3 is 20.1 Å². The first kappa shape index (κ1) is 26.1. The van der Waals surface area contributed by atoms with Crippen LogP contribution in [0.5, 0.6) is 0 Å². The standard InChI is InChI=1S/C27H32Cl2N4O4/c1-37-26(36)33(23(12-24(34)35)18-9-19(28)11-20(29)10-18)22-13-27(14-22)15-32(16-27)8-6-21-5-4-17-3-2-7-30-25(17)31-21/h4-5,9-11,22-23H,2-3,6-8,12-16H2,1H3,(H,30,31)(H,34,35). The average molecular weight is 547 g/mol. The van der Waals surface area contributed by atoms with Crippen LogP contribution in [-0.2, 0) is 22.4 Å². The van der Waals surface area contributed by atoms with E-state index in [1.807, 2.05) is 0 Å². The minimum Gasteiger partial charge on any atom is -0.481 e. The number of aliphatic carboxylic acids is 1. The maximum Gasteiger partial charge on any atom is 0.410 e. The fourth-order valence-electron chi connectivity index (χ4n) is 6.18. The van der Waals surface area contributed by atoms with E-state index in [-0.39, 0.29) is 17.9 Å². The van der Waals surface area contributed by atoms with Crippen LogP contribution in [0, 0.1) is 5.41 Å². The smallest absolute Gasteiger partial charge is 0.410 e. The molecule has 2 aromatic rings. The SMILES string of the molecule is COC(=O)N(C1CC2(C1)CN(CCc1ccc3c(n1)NCCC3)C2)C(CC(=O)O)c1cc(Cl)cc(Cl)c1. The fraction of sp³-hybridized carbons (Fsp3) is 0.519. The molecule has 0 bridgehead atoms. The van der Waals surface area contributed by atoms with Gasteiger partial charge in [0.25, 0.3) is 0 Å². The lowest BCUT2D eigenvalue weighted by atomic mass is 9.60. The maximum absolute atomic E-state index is 12.9. The predicted molar refractivity (Wildman–Crippen MR) is 142 cm³/mol. The summed E-state index contributed by atoms with van der Waals surface area (Å²) in [4.78, 5) is 33.4. The van der Waals surface area contributed by atoms with Crippen LogP contribution >= 0.6 is 23.2 Å². The number of carboxylic acids is 1. The quantitative estimate of drug-likeness (QED) is 0.478. The van der Waals surface area contributed by atoms with Crippen molar-refractivity contribution in [2.45, 2.75) is 50.6 Å². The number of fused-ring (bicyclic) bond motifs is 1. The van der Waals surface area contributed by atoms with Gasteiger partial charge in [-0.05, 0) is 66.5 Å². The second kappa shape index (κ2) is 10.7. The number of aromatic nitrogens is 1. The Hall–Kier alpha value is -2.55. The van der Waals surface area contributed by atoms with Crippen LogP contribution < -0.4 is 5.32 Å². The molecule has 1 saturated carbocycles. The Bertz CT molecular complexity index is 1160. The van der Waals surface area contributed by atoms with E-state index in [1.165, 1.54) is 12.7 Å². The van der Waals surface area contributed by atoms with E-state index in [0.717, 1.165) is 69.8 Å². The van der Waals surface area contributed by atoms with Crippen molar-refractivity contribution in [3.63, 3.8) is 0 Å². The summed E-state index contributed by atoms with van der Waals surface area (Å²) in [5.41, 5.74) is 3.15. The number of rotatable bonds is 8. The van der Waals surface area contributed by atoms with Crippen LogP contribution in [0.25, 0.3) is 0 Å². The Balaban J connectivity index is 1.21. The number of aryl methyl sites for hydroxylation is 1. The van der Waals surface area contributed by atoms with Gasteiger partial charge in [0.15, 0.2) is 0 Å². The summed E-state index contributed by atoms with van der Waals surface area (Å²) in [6.45, 7) is 3.86. The normalized spacial score (nSPS) is 19.2. The highest BCUT2D eigenvalue weighted by Gasteiger charge is 2.55. The maximum atomic E-state index is 12.9. The molecule has 1 aromatic carbocycles. The Kier molecular flexibility index (Phi) is 7.52. The summed E-state index contributed by atoms with van der Waals surface area (Å²) in [7, 11) is 1.32. The number of methoxy groups -OCH3 is 1. The number of likely N-dealkylation sites (tertiary alicyclic amines) is 1. The van der Waals surface area contributed by atoms with Crippen molar-refractivity contribution < 1.29 is 19.4 Å². The minimum atomic E-state index is -1.01. The van der Waals surface area contributed by atoms with Crippen LogP contribution in [0.15, 0.2) is 30.3 Å². The number of hydrogen-bond donors (Lipinski definition) is 2. The summed E-state index contributed by atoms with van der Waals surface area (Å²) < 4.78 is 5.09. The zero-order chi connectivity index (χ0) is 26.2. The number of ether oxygens (including phenoxy) is 1. The number of carboxylic acid groups (broad SMARTS) is 1. The average Bonchev–Trinajstić information content (AvgIpc) is 2.81. The minimum absolute atomic E-state index is 0.106. The first-order valence-corrected chi connectivity index (χ1v) is 13.5. The van der Waals surface area contributed by atoms with E-state index in [2.05, 4.69) is 22.3 Å². The summed E-state index contributed by atoms with van der Waals surface area (Å²) in [6, 6.07) is 8.43. The molecule has 1 aliphatic carbocycles. The number of benzene rings is 1. The van der Waals surface area contributed by atoms with Crippen LogP contribution in [0.2, 0.25) is 10.0 Å². The summed E-state index contributed by atoms with van der Waals surface area (Å²) in [5.74, 6) is 0.0234. The van der Waals surface area contributed by atoms with Crippen LogP contribution in [0.3, 0.4) is 0 Å². The Morgan fingerprint density at radius 1 is 1.24 bits per heavy atom. The molecule has 1 atom stereocenters. The number of nitrogens with zero attached hydrogens (tertiary/aromatic N) is 3. The highest BCUT2D eigenvalue weighted by atomic mass is 35.5. The van der Waals surface area contributed by atoms with Gasteiger partial charge in [0, 0.05) is 54.4 Å². The van der Waals surface area contributed by atoms with Crippen molar-refractivity contribution >= 4 is 41.1 Å². The Morgan fingerprint density at radius 2 is 1.97 bits per heavy atom. The molecule has 1 saturated heterocycles. The number of carbonyl (C=O) groups excluding carboxylic acids is 1. The molecule has 1 spiro atoms.